The number of rotatable bonds is 2. The zero-order chi connectivity index (χ0) is 9.14. The molecule has 4 heteroatoms. The molecule has 4 nitrogen and oxygen atoms in total. The molecule has 0 aromatic rings. The van der Waals surface area contributed by atoms with E-state index in [1.165, 1.54) is 0 Å². The van der Waals surface area contributed by atoms with Gasteiger partial charge in [0, 0.05) is 12.3 Å². The molecule has 1 unspecified atom stereocenters. The molecule has 0 aliphatic heterocycles. The normalized spacial score (nSPS) is 24.1. The van der Waals surface area contributed by atoms with Gasteiger partial charge in [-0.15, -0.1) is 4.91 Å². The van der Waals surface area contributed by atoms with Gasteiger partial charge in [0.25, 0.3) is 0 Å². The van der Waals surface area contributed by atoms with Gasteiger partial charge in [-0.1, -0.05) is 6.92 Å². The molecule has 0 amide bonds. The fourth-order valence-corrected chi connectivity index (χ4v) is 1.29. The summed E-state index contributed by atoms with van der Waals surface area (Å²) in [7, 11) is 0. The molecule has 64 valence electrons. The molecule has 12 heavy (non-hydrogen) atoms. The first-order valence-electron chi connectivity index (χ1n) is 3.76. The number of Topliss-reactive ketones (excluding diaryl/α,β-unsaturated/α-hetero) is 1. The Morgan fingerprint density at radius 2 is 2.25 bits per heavy atom. The molecule has 1 atom stereocenters. The number of allylic oxidation sites excluding steroid dienone is 2. The highest BCUT2D eigenvalue weighted by Gasteiger charge is 2.26. The van der Waals surface area contributed by atoms with Gasteiger partial charge in [0.2, 0.25) is 0 Å². The molecule has 0 bridgehead atoms. The van der Waals surface area contributed by atoms with E-state index >= 15 is 0 Å². The quantitative estimate of drug-likeness (QED) is 0.352. The van der Waals surface area contributed by atoms with Crippen LogP contribution in [0.2, 0.25) is 0 Å². The van der Waals surface area contributed by atoms with Crippen LogP contribution in [0.5, 0.6) is 0 Å². The molecular weight excluding hydrogens is 158 g/mol. The van der Waals surface area contributed by atoms with Gasteiger partial charge < -0.3 is 0 Å². The highest BCUT2D eigenvalue weighted by molar-refractivity contribution is 6.13. The second-order valence-electron chi connectivity index (χ2n) is 2.87. The highest BCUT2D eigenvalue weighted by Crippen LogP contribution is 2.27. The summed E-state index contributed by atoms with van der Waals surface area (Å²) >= 11 is 0. The fourth-order valence-electron chi connectivity index (χ4n) is 1.29. The molecular formula is C8H9NO3. The van der Waals surface area contributed by atoms with Gasteiger partial charge in [-0.3, -0.25) is 9.59 Å². The van der Waals surface area contributed by atoms with Gasteiger partial charge in [0.15, 0.2) is 12.1 Å². The topological polar surface area (TPSA) is 63.6 Å². The van der Waals surface area contributed by atoms with E-state index in [1.807, 2.05) is 0 Å². The van der Waals surface area contributed by atoms with Crippen molar-refractivity contribution >= 4 is 12.1 Å². The lowest BCUT2D eigenvalue weighted by Crippen LogP contribution is -2.17. The van der Waals surface area contributed by atoms with Gasteiger partial charge in [0.1, 0.15) is 5.70 Å². The Hall–Kier alpha value is -1.32. The largest absolute Gasteiger partial charge is 0.298 e. The number of hydrogen-bond donors (Lipinski definition) is 0. The van der Waals surface area contributed by atoms with E-state index in [2.05, 4.69) is 5.18 Å². The molecule has 0 aromatic carbocycles. The van der Waals surface area contributed by atoms with Crippen LogP contribution in [0.15, 0.2) is 16.4 Å². The van der Waals surface area contributed by atoms with Crippen molar-refractivity contribution in [1.29, 1.82) is 0 Å². The third kappa shape index (κ3) is 1.32. The van der Waals surface area contributed by atoms with Crippen LogP contribution in [-0.2, 0) is 9.59 Å². The van der Waals surface area contributed by atoms with Crippen molar-refractivity contribution in [1.82, 2.24) is 0 Å². The number of carbonyl (C=O) groups excluding carboxylic acids is 2. The number of nitrogens with zero attached hydrogens (tertiary/aromatic N) is 1. The van der Waals surface area contributed by atoms with Gasteiger partial charge >= 0.3 is 0 Å². The third-order valence-electron chi connectivity index (χ3n) is 2.06. The molecule has 0 heterocycles. The van der Waals surface area contributed by atoms with Crippen molar-refractivity contribution in [2.75, 3.05) is 0 Å². The minimum Gasteiger partial charge on any atom is -0.298 e. The maximum atomic E-state index is 11.1. The summed E-state index contributed by atoms with van der Waals surface area (Å²) in [5.41, 5.74) is 0.0741. The maximum absolute atomic E-state index is 11.1. The van der Waals surface area contributed by atoms with E-state index < -0.39 is 0 Å². The van der Waals surface area contributed by atoms with Crippen molar-refractivity contribution in [3.63, 3.8) is 0 Å². The van der Waals surface area contributed by atoms with E-state index in [0.29, 0.717) is 19.1 Å². The third-order valence-corrected chi connectivity index (χ3v) is 2.06. The van der Waals surface area contributed by atoms with Crippen molar-refractivity contribution in [2.45, 2.75) is 19.8 Å². The van der Waals surface area contributed by atoms with Crippen LogP contribution in [0.3, 0.4) is 0 Å². The summed E-state index contributed by atoms with van der Waals surface area (Å²) in [5, 5.41) is 2.71. The van der Waals surface area contributed by atoms with Crippen molar-refractivity contribution in [3.8, 4) is 0 Å². The zero-order valence-corrected chi connectivity index (χ0v) is 6.74. The van der Waals surface area contributed by atoms with E-state index in [9.17, 15) is 14.5 Å². The summed E-state index contributed by atoms with van der Waals surface area (Å²) < 4.78 is 0. The monoisotopic (exact) mass is 167 g/mol. The SMILES string of the molecule is CC1CCC(=O)C(C=O)=C1N=O. The van der Waals surface area contributed by atoms with Crippen LogP contribution < -0.4 is 0 Å². The Bertz CT molecular complexity index is 267. The summed E-state index contributed by atoms with van der Waals surface area (Å²) in [6.45, 7) is 1.78. The Kier molecular flexibility index (Phi) is 2.47. The van der Waals surface area contributed by atoms with E-state index in [0.717, 1.165) is 0 Å². The highest BCUT2D eigenvalue weighted by atomic mass is 16.3. The minimum absolute atomic E-state index is 0.0382. The predicted molar refractivity (Wildman–Crippen MR) is 42.3 cm³/mol. The smallest absolute Gasteiger partial charge is 0.168 e. The first-order chi connectivity index (χ1) is 5.70. The van der Waals surface area contributed by atoms with Crippen LogP contribution in [0.1, 0.15) is 19.8 Å². The van der Waals surface area contributed by atoms with Crippen LogP contribution in [-0.4, -0.2) is 12.1 Å². The Labute approximate surface area is 69.6 Å². The molecule has 0 saturated carbocycles. The number of carbonyl (C=O) groups is 2. The van der Waals surface area contributed by atoms with E-state index in [1.54, 1.807) is 6.92 Å². The number of nitroso groups, excluding NO2 is 1. The average Bonchev–Trinajstić information content (AvgIpc) is 2.08. The minimum atomic E-state index is -0.266. The molecule has 0 spiro atoms. The molecule has 1 aliphatic carbocycles. The van der Waals surface area contributed by atoms with Crippen LogP contribution >= 0.6 is 0 Å². The molecule has 0 radical (unpaired) electrons. The summed E-state index contributed by atoms with van der Waals surface area (Å²) in [6, 6.07) is 0. The average molecular weight is 167 g/mol. The summed E-state index contributed by atoms with van der Waals surface area (Å²) in [4.78, 5) is 31.7. The Balaban J connectivity index is 3.14. The van der Waals surface area contributed by atoms with Gasteiger partial charge in [-0.2, -0.15) is 0 Å². The molecule has 0 aromatic heterocycles. The lowest BCUT2D eigenvalue weighted by molar-refractivity contribution is -0.118. The van der Waals surface area contributed by atoms with E-state index in [-0.39, 0.29) is 23.0 Å². The summed E-state index contributed by atoms with van der Waals surface area (Å²) in [6.07, 6.45) is 1.38. The van der Waals surface area contributed by atoms with Crippen molar-refractivity contribution < 1.29 is 9.59 Å². The second kappa shape index (κ2) is 3.38. The maximum Gasteiger partial charge on any atom is 0.168 e. The van der Waals surface area contributed by atoms with Gasteiger partial charge in [0.05, 0.1) is 5.57 Å². The fraction of sp³-hybridized carbons (Fsp3) is 0.500. The van der Waals surface area contributed by atoms with Crippen LogP contribution in [0.25, 0.3) is 0 Å². The Morgan fingerprint density at radius 3 is 2.67 bits per heavy atom. The first-order valence-corrected chi connectivity index (χ1v) is 3.76. The molecule has 1 rings (SSSR count). The van der Waals surface area contributed by atoms with Gasteiger partial charge in [-0.05, 0) is 11.6 Å². The van der Waals surface area contributed by atoms with Gasteiger partial charge in [-0.25, -0.2) is 0 Å². The lowest BCUT2D eigenvalue weighted by Gasteiger charge is -2.16. The molecule has 0 fully saturated rings. The predicted octanol–water partition coefficient (Wildman–Crippen LogP) is 1.20. The number of aldehydes is 1. The van der Waals surface area contributed by atoms with Crippen molar-refractivity contribution in [2.24, 2.45) is 11.1 Å². The second-order valence-corrected chi connectivity index (χ2v) is 2.87. The molecule has 0 N–H and O–H groups in total. The molecule has 0 saturated heterocycles. The number of ketones is 1. The number of hydrogen-bond acceptors (Lipinski definition) is 4. The zero-order valence-electron chi connectivity index (χ0n) is 6.74. The molecule has 1 aliphatic rings. The standard InChI is InChI=1S/C8H9NO3/c1-5-2-3-7(11)6(4-10)8(5)9-12/h4-5H,2-3H2,1H3. The van der Waals surface area contributed by atoms with Crippen LogP contribution in [0.4, 0.5) is 0 Å². The lowest BCUT2D eigenvalue weighted by atomic mass is 9.88. The Morgan fingerprint density at radius 1 is 1.58 bits per heavy atom. The first kappa shape index (κ1) is 8.77. The van der Waals surface area contributed by atoms with Crippen LogP contribution in [0, 0.1) is 10.8 Å². The van der Waals surface area contributed by atoms with Crippen molar-refractivity contribution in [3.05, 3.63) is 16.2 Å². The summed E-state index contributed by atoms with van der Waals surface area (Å²) in [5.74, 6) is -0.335. The van der Waals surface area contributed by atoms with E-state index in [4.69, 9.17) is 0 Å².